The van der Waals surface area contributed by atoms with Gasteiger partial charge in [-0.05, 0) is 25.0 Å². The molecule has 0 amide bonds. The van der Waals surface area contributed by atoms with Crippen molar-refractivity contribution in [2.75, 3.05) is 11.9 Å². The lowest BCUT2D eigenvalue weighted by atomic mass is 10.1. The zero-order chi connectivity index (χ0) is 14.7. The predicted octanol–water partition coefficient (Wildman–Crippen LogP) is 4.54. The van der Waals surface area contributed by atoms with Crippen LogP contribution in [0.3, 0.4) is 0 Å². The topological polar surface area (TPSA) is 29.0 Å². The Morgan fingerprint density at radius 3 is 2.55 bits per heavy atom. The van der Waals surface area contributed by atoms with Crippen molar-refractivity contribution in [1.82, 2.24) is 9.97 Å². The Bertz CT molecular complexity index is 601. The zero-order valence-corrected chi connectivity index (χ0v) is 13.3. The molecule has 1 aromatic carbocycles. The van der Waals surface area contributed by atoms with Crippen molar-refractivity contribution >= 4 is 29.0 Å². The molecule has 5 heteroatoms. The minimum absolute atomic E-state index is 0.0972. The second-order valence-electron chi connectivity index (χ2n) is 4.63. The van der Waals surface area contributed by atoms with Crippen molar-refractivity contribution in [3.05, 3.63) is 51.9 Å². The summed E-state index contributed by atoms with van der Waals surface area (Å²) in [6.45, 7) is 4.14. The number of aromatic nitrogens is 2. The van der Waals surface area contributed by atoms with Crippen molar-refractivity contribution in [3.8, 4) is 0 Å². The Labute approximate surface area is 129 Å². The van der Waals surface area contributed by atoms with Crippen LogP contribution in [0.1, 0.15) is 31.0 Å². The molecule has 0 bridgehead atoms. The van der Waals surface area contributed by atoms with Gasteiger partial charge in [0.2, 0.25) is 0 Å². The van der Waals surface area contributed by atoms with Gasteiger partial charge in [-0.25, -0.2) is 9.97 Å². The van der Waals surface area contributed by atoms with E-state index in [0.717, 1.165) is 28.4 Å². The molecular weight excluding hydrogens is 293 g/mol. The Balaban J connectivity index is 2.39. The van der Waals surface area contributed by atoms with E-state index in [2.05, 4.69) is 21.8 Å². The fourth-order valence-corrected chi connectivity index (χ4v) is 2.75. The summed E-state index contributed by atoms with van der Waals surface area (Å²) in [6.07, 6.45) is 2.28. The quantitative estimate of drug-likeness (QED) is 0.776. The Kier molecular flexibility index (Phi) is 4.84. The van der Waals surface area contributed by atoms with Gasteiger partial charge in [0.1, 0.15) is 17.3 Å². The molecule has 1 aromatic heterocycles. The van der Waals surface area contributed by atoms with Crippen molar-refractivity contribution in [2.24, 2.45) is 0 Å². The molecule has 0 aliphatic rings. The second-order valence-corrected chi connectivity index (χ2v) is 5.39. The summed E-state index contributed by atoms with van der Waals surface area (Å²) in [5.74, 6) is 0.847. The lowest BCUT2D eigenvalue weighted by Crippen LogP contribution is -2.24. The first-order chi connectivity index (χ1) is 9.56. The minimum atomic E-state index is 0.0972. The lowest BCUT2D eigenvalue weighted by Gasteiger charge is -2.28. The van der Waals surface area contributed by atoms with Gasteiger partial charge in [-0.3, -0.25) is 0 Å². The molecule has 20 heavy (non-hydrogen) atoms. The van der Waals surface area contributed by atoms with Crippen LogP contribution in [0.15, 0.2) is 30.6 Å². The van der Waals surface area contributed by atoms with E-state index >= 15 is 0 Å². The number of hydrogen-bond donors (Lipinski definition) is 0. The summed E-state index contributed by atoms with van der Waals surface area (Å²) in [5.41, 5.74) is 2.02. The third-order valence-electron chi connectivity index (χ3n) is 3.49. The fourth-order valence-electron chi connectivity index (χ4n) is 2.20. The molecule has 0 radical (unpaired) electrons. The van der Waals surface area contributed by atoms with Crippen LogP contribution in [0, 0.1) is 0 Å². The standard InChI is InChI=1S/C15H17Cl2N3/c1-4-11-14(17)18-9-19-15(11)20(3)10(2)12-7-5-6-8-13(12)16/h5-10H,4H2,1-3H3. The average Bonchev–Trinajstić information content (AvgIpc) is 2.46. The highest BCUT2D eigenvalue weighted by Crippen LogP contribution is 2.32. The van der Waals surface area contributed by atoms with Crippen LogP contribution >= 0.6 is 23.2 Å². The number of halogens is 2. The van der Waals surface area contributed by atoms with Crippen LogP contribution in [0.5, 0.6) is 0 Å². The predicted molar refractivity (Wildman–Crippen MR) is 84.7 cm³/mol. The normalized spacial score (nSPS) is 12.2. The highest BCUT2D eigenvalue weighted by Gasteiger charge is 2.19. The molecule has 1 unspecified atom stereocenters. The molecule has 0 aliphatic heterocycles. The van der Waals surface area contributed by atoms with Crippen LogP contribution in [-0.2, 0) is 6.42 Å². The van der Waals surface area contributed by atoms with Crippen molar-refractivity contribution in [3.63, 3.8) is 0 Å². The van der Waals surface area contributed by atoms with E-state index in [-0.39, 0.29) is 6.04 Å². The van der Waals surface area contributed by atoms with E-state index in [1.807, 2.05) is 38.2 Å². The monoisotopic (exact) mass is 309 g/mol. The first-order valence-electron chi connectivity index (χ1n) is 6.52. The maximum Gasteiger partial charge on any atom is 0.137 e. The highest BCUT2D eigenvalue weighted by atomic mass is 35.5. The van der Waals surface area contributed by atoms with Gasteiger partial charge in [0.05, 0.1) is 6.04 Å². The molecule has 1 heterocycles. The second kappa shape index (κ2) is 6.42. The molecular formula is C15H17Cl2N3. The molecule has 106 valence electrons. The van der Waals surface area contributed by atoms with Crippen LogP contribution in [0.2, 0.25) is 10.2 Å². The van der Waals surface area contributed by atoms with E-state index in [1.165, 1.54) is 6.33 Å². The van der Waals surface area contributed by atoms with E-state index in [4.69, 9.17) is 23.2 Å². The number of benzene rings is 1. The number of nitrogens with zero attached hydrogens (tertiary/aromatic N) is 3. The highest BCUT2D eigenvalue weighted by molar-refractivity contribution is 6.31. The van der Waals surface area contributed by atoms with Crippen molar-refractivity contribution < 1.29 is 0 Å². The Morgan fingerprint density at radius 2 is 1.90 bits per heavy atom. The zero-order valence-electron chi connectivity index (χ0n) is 11.8. The molecule has 0 spiro atoms. The number of rotatable bonds is 4. The third-order valence-corrected chi connectivity index (χ3v) is 4.16. The Hall–Kier alpha value is -1.32. The largest absolute Gasteiger partial charge is 0.352 e. The summed E-state index contributed by atoms with van der Waals surface area (Å²) in [6, 6.07) is 7.93. The van der Waals surface area contributed by atoms with Gasteiger partial charge in [0, 0.05) is 17.6 Å². The summed E-state index contributed by atoms with van der Waals surface area (Å²) >= 11 is 12.4. The van der Waals surface area contributed by atoms with E-state index in [0.29, 0.717) is 5.15 Å². The molecule has 0 saturated heterocycles. The lowest BCUT2D eigenvalue weighted by molar-refractivity contribution is 0.721. The van der Waals surface area contributed by atoms with Gasteiger partial charge in [0.25, 0.3) is 0 Å². The summed E-state index contributed by atoms with van der Waals surface area (Å²) in [7, 11) is 1.99. The smallest absolute Gasteiger partial charge is 0.137 e. The molecule has 2 aromatic rings. The van der Waals surface area contributed by atoms with E-state index in [9.17, 15) is 0 Å². The number of anilines is 1. The molecule has 1 atom stereocenters. The van der Waals surface area contributed by atoms with E-state index in [1.54, 1.807) is 0 Å². The van der Waals surface area contributed by atoms with Gasteiger partial charge in [-0.2, -0.15) is 0 Å². The van der Waals surface area contributed by atoms with Crippen LogP contribution in [0.4, 0.5) is 5.82 Å². The fraction of sp³-hybridized carbons (Fsp3) is 0.333. The Morgan fingerprint density at radius 1 is 1.20 bits per heavy atom. The third kappa shape index (κ3) is 2.89. The summed E-state index contributed by atoms with van der Waals surface area (Å²) in [4.78, 5) is 10.5. The van der Waals surface area contributed by atoms with Gasteiger partial charge in [-0.15, -0.1) is 0 Å². The van der Waals surface area contributed by atoms with Crippen LogP contribution < -0.4 is 4.90 Å². The minimum Gasteiger partial charge on any atom is -0.352 e. The molecule has 3 nitrogen and oxygen atoms in total. The van der Waals surface area contributed by atoms with Gasteiger partial charge in [-0.1, -0.05) is 48.3 Å². The molecule has 0 saturated carbocycles. The maximum atomic E-state index is 6.27. The van der Waals surface area contributed by atoms with E-state index < -0.39 is 0 Å². The first-order valence-corrected chi connectivity index (χ1v) is 7.28. The molecule has 0 N–H and O–H groups in total. The first kappa shape index (κ1) is 15.1. The molecule has 0 fully saturated rings. The molecule has 0 aliphatic carbocycles. The van der Waals surface area contributed by atoms with Crippen molar-refractivity contribution in [1.29, 1.82) is 0 Å². The van der Waals surface area contributed by atoms with Gasteiger partial charge in [0.15, 0.2) is 0 Å². The van der Waals surface area contributed by atoms with Crippen LogP contribution in [0.25, 0.3) is 0 Å². The molecule has 2 rings (SSSR count). The van der Waals surface area contributed by atoms with Crippen LogP contribution in [-0.4, -0.2) is 17.0 Å². The summed E-state index contributed by atoms with van der Waals surface area (Å²) in [5, 5.41) is 1.26. The summed E-state index contributed by atoms with van der Waals surface area (Å²) < 4.78 is 0. The van der Waals surface area contributed by atoms with Crippen molar-refractivity contribution in [2.45, 2.75) is 26.3 Å². The van der Waals surface area contributed by atoms with Gasteiger partial charge >= 0.3 is 0 Å². The average molecular weight is 310 g/mol. The number of hydrogen-bond acceptors (Lipinski definition) is 3. The SMILES string of the molecule is CCc1c(Cl)ncnc1N(C)C(C)c1ccccc1Cl. The van der Waals surface area contributed by atoms with Gasteiger partial charge < -0.3 is 4.90 Å². The maximum absolute atomic E-state index is 6.27.